The van der Waals surface area contributed by atoms with E-state index in [1.54, 1.807) is 0 Å². The van der Waals surface area contributed by atoms with Crippen LogP contribution in [0.4, 0.5) is 5.69 Å². The highest BCUT2D eigenvalue weighted by atomic mass is 32.1. The molecule has 0 spiro atoms. The summed E-state index contributed by atoms with van der Waals surface area (Å²) in [4.78, 5) is 16.4. The molecule has 0 radical (unpaired) electrons. The highest BCUT2D eigenvalue weighted by Gasteiger charge is 2.29. The van der Waals surface area contributed by atoms with E-state index < -0.39 is 0 Å². The molecule has 0 aromatic heterocycles. The van der Waals surface area contributed by atoms with Crippen molar-refractivity contribution in [1.82, 2.24) is 4.90 Å². The van der Waals surface area contributed by atoms with Crippen LogP contribution < -0.4 is 10.3 Å². The van der Waals surface area contributed by atoms with Gasteiger partial charge in [0.05, 0.1) is 5.69 Å². The average molecular weight is 296 g/mol. The average Bonchev–Trinajstić information content (AvgIpc) is 2.37. The molecule has 4 heteroatoms. The molecule has 114 valence electrons. The number of rotatable bonds is 7. The summed E-state index contributed by atoms with van der Waals surface area (Å²) in [6.07, 6.45) is 2.30. The van der Waals surface area contributed by atoms with Crippen molar-refractivity contribution in [1.29, 1.82) is 0 Å². The van der Waals surface area contributed by atoms with Crippen molar-refractivity contribution in [3.8, 4) is 0 Å². The Morgan fingerprint density at radius 1 is 1.10 bits per heavy atom. The number of anilines is 1. The van der Waals surface area contributed by atoms with Crippen LogP contribution in [-0.4, -0.2) is 38.6 Å². The molecule has 1 aromatic rings. The molecule has 0 fully saturated rings. The van der Waals surface area contributed by atoms with Crippen LogP contribution in [0, 0.1) is 4.51 Å². The summed E-state index contributed by atoms with van der Waals surface area (Å²) >= 11 is 5.23. The Bertz CT molecular complexity index is 509. The van der Waals surface area contributed by atoms with E-state index in [1.807, 2.05) is 7.05 Å². The Labute approximate surface area is 128 Å². The zero-order chi connectivity index (χ0) is 15.5. The molecule has 0 amide bonds. The Balaban J connectivity index is 2.62. The first-order valence-corrected chi connectivity index (χ1v) is 7.84. The second kappa shape index (κ2) is 6.81. The molecule has 0 unspecified atom stereocenters. The maximum absolute atomic E-state index is 11.9. The maximum Gasteiger partial charge on any atom is 0.204 e. The van der Waals surface area contributed by atoms with Crippen molar-refractivity contribution in [3.05, 3.63) is 20.3 Å². The number of hydrogen-bond donors (Lipinski definition) is 0. The third-order valence-electron chi connectivity index (χ3n) is 3.84. The standard InChI is InChI=1S/C16H28N2OS/c1-7-17(5)10-8-9-11-18(6)13-12(16(2,3)4)14(19)15(13)20/h7-11H2,1-6H3. The minimum absolute atomic E-state index is 0.0695. The number of unbranched alkanes of at least 4 members (excludes halogenated alkanes) is 1. The zero-order valence-electron chi connectivity index (χ0n) is 13.7. The van der Waals surface area contributed by atoms with Gasteiger partial charge in [-0.1, -0.05) is 39.9 Å². The largest absolute Gasteiger partial charge is 0.373 e. The Hall–Kier alpha value is -0.740. The van der Waals surface area contributed by atoms with E-state index in [9.17, 15) is 4.79 Å². The molecule has 1 rings (SSSR count). The van der Waals surface area contributed by atoms with Crippen molar-refractivity contribution < 1.29 is 0 Å². The van der Waals surface area contributed by atoms with Crippen LogP contribution in [0.3, 0.4) is 0 Å². The molecule has 1 aromatic carbocycles. The summed E-state index contributed by atoms with van der Waals surface area (Å²) in [5, 5.41) is 0. The zero-order valence-corrected chi connectivity index (χ0v) is 14.6. The van der Waals surface area contributed by atoms with Gasteiger partial charge in [-0.2, -0.15) is 0 Å². The molecule has 0 saturated carbocycles. The van der Waals surface area contributed by atoms with Crippen molar-refractivity contribution in [2.75, 3.05) is 38.6 Å². The Kier molecular flexibility index (Phi) is 5.90. The van der Waals surface area contributed by atoms with Gasteiger partial charge in [0.1, 0.15) is 4.51 Å². The highest BCUT2D eigenvalue weighted by Crippen LogP contribution is 2.32. The second-order valence-corrected chi connectivity index (χ2v) is 7.06. The summed E-state index contributed by atoms with van der Waals surface area (Å²) in [6, 6.07) is 0. The van der Waals surface area contributed by atoms with Gasteiger partial charge in [0.2, 0.25) is 5.43 Å². The molecule has 0 aliphatic heterocycles. The van der Waals surface area contributed by atoms with E-state index in [-0.39, 0.29) is 10.8 Å². The van der Waals surface area contributed by atoms with Crippen LogP contribution in [0.5, 0.6) is 0 Å². The van der Waals surface area contributed by atoms with Crippen LogP contribution in [0.15, 0.2) is 4.79 Å². The SMILES string of the molecule is CCN(C)CCCCN(C)c1c(C(C)(C)C)c(=O)c1=S. The molecule has 3 nitrogen and oxygen atoms in total. The third kappa shape index (κ3) is 3.89. The van der Waals surface area contributed by atoms with E-state index >= 15 is 0 Å². The van der Waals surface area contributed by atoms with E-state index in [0.29, 0.717) is 4.51 Å². The smallest absolute Gasteiger partial charge is 0.204 e. The lowest BCUT2D eigenvalue weighted by Gasteiger charge is -2.30. The summed E-state index contributed by atoms with van der Waals surface area (Å²) < 4.78 is 0.517. The Morgan fingerprint density at radius 2 is 1.65 bits per heavy atom. The quantitative estimate of drug-likeness (QED) is 0.570. The van der Waals surface area contributed by atoms with E-state index in [4.69, 9.17) is 12.2 Å². The van der Waals surface area contributed by atoms with Gasteiger partial charge < -0.3 is 9.80 Å². The fraction of sp³-hybridized carbons (Fsp3) is 0.750. The van der Waals surface area contributed by atoms with Gasteiger partial charge in [0.25, 0.3) is 0 Å². The lowest BCUT2D eigenvalue weighted by molar-refractivity contribution is 0.344. The molecule has 0 N–H and O–H groups in total. The first kappa shape index (κ1) is 17.3. The Morgan fingerprint density at radius 3 is 2.15 bits per heavy atom. The van der Waals surface area contributed by atoms with Crippen molar-refractivity contribution >= 4 is 17.9 Å². The van der Waals surface area contributed by atoms with Crippen LogP contribution in [-0.2, 0) is 5.41 Å². The number of hydrogen-bond acceptors (Lipinski definition) is 4. The third-order valence-corrected chi connectivity index (χ3v) is 4.22. The van der Waals surface area contributed by atoms with Gasteiger partial charge in [0, 0.05) is 19.2 Å². The first-order chi connectivity index (χ1) is 9.20. The molecular formula is C16H28N2OS. The fourth-order valence-electron chi connectivity index (χ4n) is 2.44. The van der Waals surface area contributed by atoms with E-state index in [2.05, 4.69) is 44.5 Å². The van der Waals surface area contributed by atoms with Crippen molar-refractivity contribution in [2.45, 2.75) is 46.0 Å². The number of nitrogens with zero attached hydrogens (tertiary/aromatic N) is 2. The molecule has 0 bridgehead atoms. The predicted octanol–water partition coefficient (Wildman–Crippen LogP) is 3.12. The van der Waals surface area contributed by atoms with Gasteiger partial charge in [-0.25, -0.2) is 0 Å². The molecule has 0 heterocycles. The maximum atomic E-state index is 11.9. The monoisotopic (exact) mass is 296 g/mol. The second-order valence-electron chi connectivity index (χ2n) is 6.66. The van der Waals surface area contributed by atoms with Gasteiger partial charge in [-0.15, -0.1) is 0 Å². The lowest BCUT2D eigenvalue weighted by atomic mass is 9.82. The van der Waals surface area contributed by atoms with Crippen LogP contribution in [0.1, 0.15) is 46.1 Å². The van der Waals surface area contributed by atoms with Crippen LogP contribution in [0.2, 0.25) is 0 Å². The van der Waals surface area contributed by atoms with Gasteiger partial charge >= 0.3 is 0 Å². The van der Waals surface area contributed by atoms with Crippen LogP contribution in [0.25, 0.3) is 0 Å². The fourth-order valence-corrected chi connectivity index (χ4v) is 2.80. The van der Waals surface area contributed by atoms with E-state index in [1.165, 1.54) is 6.42 Å². The minimum atomic E-state index is -0.120. The molecular weight excluding hydrogens is 268 g/mol. The first-order valence-electron chi connectivity index (χ1n) is 7.43. The van der Waals surface area contributed by atoms with Gasteiger partial charge in [0.15, 0.2) is 0 Å². The highest BCUT2D eigenvalue weighted by molar-refractivity contribution is 7.71. The van der Waals surface area contributed by atoms with Crippen molar-refractivity contribution in [3.63, 3.8) is 0 Å². The summed E-state index contributed by atoms with van der Waals surface area (Å²) in [5.41, 5.74) is 1.85. The summed E-state index contributed by atoms with van der Waals surface area (Å²) in [6.45, 7) is 11.6. The predicted molar refractivity (Wildman–Crippen MR) is 90.3 cm³/mol. The summed E-state index contributed by atoms with van der Waals surface area (Å²) in [7, 11) is 4.19. The van der Waals surface area contributed by atoms with Crippen LogP contribution >= 0.6 is 12.2 Å². The normalized spacial score (nSPS) is 12.3. The minimum Gasteiger partial charge on any atom is -0.373 e. The molecule has 0 aliphatic carbocycles. The molecule has 0 aliphatic rings. The summed E-state index contributed by atoms with van der Waals surface area (Å²) in [5.74, 6) is 0. The lowest BCUT2D eigenvalue weighted by Crippen LogP contribution is -2.35. The van der Waals surface area contributed by atoms with E-state index in [0.717, 1.165) is 37.3 Å². The van der Waals surface area contributed by atoms with Crippen molar-refractivity contribution in [2.24, 2.45) is 0 Å². The molecule has 0 saturated heterocycles. The molecule has 0 atom stereocenters. The molecule has 20 heavy (non-hydrogen) atoms. The topological polar surface area (TPSA) is 23.6 Å². The van der Waals surface area contributed by atoms with Gasteiger partial charge in [-0.3, -0.25) is 4.79 Å². The van der Waals surface area contributed by atoms with Gasteiger partial charge in [-0.05, 0) is 38.4 Å².